The molecule has 0 saturated heterocycles. The summed E-state index contributed by atoms with van der Waals surface area (Å²) in [6, 6.07) is 8.04. The molecular weight excluding hydrogens is 348 g/mol. The van der Waals surface area contributed by atoms with E-state index in [0.717, 1.165) is 53.7 Å². The molecule has 1 aromatic carbocycles. The maximum atomic E-state index is 12.9. The second kappa shape index (κ2) is 8.62. The number of carbonyl (C=O) groups excluding carboxylic acids is 2. The van der Waals surface area contributed by atoms with Crippen LogP contribution in [0, 0.1) is 5.41 Å². The van der Waals surface area contributed by atoms with Crippen LogP contribution in [-0.4, -0.2) is 30.0 Å². The van der Waals surface area contributed by atoms with Crippen LogP contribution < -0.4 is 5.32 Å². The van der Waals surface area contributed by atoms with Crippen LogP contribution in [0.25, 0.3) is 10.2 Å². The number of hydrogen-bond acceptors (Lipinski definition) is 5. The van der Waals surface area contributed by atoms with E-state index >= 15 is 0 Å². The molecule has 1 saturated carbocycles. The molecule has 140 valence electrons. The molecule has 6 heteroatoms. The molecule has 3 rings (SSSR count). The van der Waals surface area contributed by atoms with E-state index in [1.807, 2.05) is 25.1 Å². The summed E-state index contributed by atoms with van der Waals surface area (Å²) in [5, 5.41) is 3.72. The standard InChI is InChI=1S/C20H26N2O3S/c1-2-12-21-17(23)14-25-19(24)20(10-6-3-7-11-20)13-18-22-15-8-4-5-9-16(15)26-18/h4-5,8-9H,2-3,6-7,10-14H2,1H3,(H,21,23). The Morgan fingerprint density at radius 3 is 2.73 bits per heavy atom. The first-order valence-electron chi connectivity index (χ1n) is 9.41. The van der Waals surface area contributed by atoms with Gasteiger partial charge in [-0.15, -0.1) is 11.3 Å². The molecule has 0 aliphatic heterocycles. The summed E-state index contributed by atoms with van der Waals surface area (Å²) in [6.07, 6.45) is 6.25. The fourth-order valence-electron chi connectivity index (χ4n) is 3.57. The number of esters is 1. The highest BCUT2D eigenvalue weighted by atomic mass is 32.1. The van der Waals surface area contributed by atoms with Crippen molar-refractivity contribution < 1.29 is 14.3 Å². The first kappa shape index (κ1) is 18.8. The van der Waals surface area contributed by atoms with Crippen molar-refractivity contribution in [2.45, 2.75) is 51.9 Å². The smallest absolute Gasteiger partial charge is 0.313 e. The van der Waals surface area contributed by atoms with E-state index in [9.17, 15) is 9.59 Å². The topological polar surface area (TPSA) is 68.3 Å². The zero-order valence-electron chi connectivity index (χ0n) is 15.3. The number of fused-ring (bicyclic) bond motifs is 1. The van der Waals surface area contributed by atoms with E-state index in [1.54, 1.807) is 11.3 Å². The van der Waals surface area contributed by atoms with Crippen LogP contribution in [0.1, 0.15) is 50.5 Å². The minimum Gasteiger partial charge on any atom is -0.455 e. The van der Waals surface area contributed by atoms with Crippen LogP contribution >= 0.6 is 11.3 Å². The maximum absolute atomic E-state index is 12.9. The third-order valence-electron chi connectivity index (χ3n) is 4.98. The summed E-state index contributed by atoms with van der Waals surface area (Å²) in [4.78, 5) is 29.4. The molecule has 2 aromatic rings. The number of nitrogens with zero attached hydrogens (tertiary/aromatic N) is 1. The fourth-order valence-corrected chi connectivity index (χ4v) is 4.68. The van der Waals surface area contributed by atoms with E-state index in [-0.39, 0.29) is 18.5 Å². The number of hydrogen-bond donors (Lipinski definition) is 1. The molecule has 1 aliphatic carbocycles. The van der Waals surface area contributed by atoms with Crippen LogP contribution in [0.4, 0.5) is 0 Å². The van der Waals surface area contributed by atoms with E-state index in [4.69, 9.17) is 9.72 Å². The molecule has 1 fully saturated rings. The van der Waals surface area contributed by atoms with Crippen molar-refractivity contribution in [2.75, 3.05) is 13.2 Å². The van der Waals surface area contributed by atoms with E-state index < -0.39 is 5.41 Å². The number of benzene rings is 1. The van der Waals surface area contributed by atoms with Gasteiger partial charge in [0.05, 0.1) is 20.6 Å². The fraction of sp³-hybridized carbons (Fsp3) is 0.550. The molecule has 0 bridgehead atoms. The van der Waals surface area contributed by atoms with E-state index in [0.29, 0.717) is 13.0 Å². The Bertz CT molecular complexity index is 732. The molecule has 1 N–H and O–H groups in total. The van der Waals surface area contributed by atoms with Gasteiger partial charge < -0.3 is 10.1 Å². The van der Waals surface area contributed by atoms with Gasteiger partial charge >= 0.3 is 5.97 Å². The highest BCUT2D eigenvalue weighted by molar-refractivity contribution is 7.18. The molecule has 0 unspecified atom stereocenters. The monoisotopic (exact) mass is 374 g/mol. The predicted molar refractivity (Wildman–Crippen MR) is 103 cm³/mol. The van der Waals surface area contributed by atoms with Gasteiger partial charge in [-0.3, -0.25) is 9.59 Å². The number of para-hydroxylation sites is 1. The average Bonchev–Trinajstić information content (AvgIpc) is 3.07. The number of ether oxygens (including phenoxy) is 1. The van der Waals surface area contributed by atoms with Crippen molar-refractivity contribution in [1.29, 1.82) is 0 Å². The molecule has 26 heavy (non-hydrogen) atoms. The molecule has 0 radical (unpaired) electrons. The Kier molecular flexibility index (Phi) is 6.25. The van der Waals surface area contributed by atoms with Gasteiger partial charge in [-0.25, -0.2) is 4.98 Å². The van der Waals surface area contributed by atoms with Crippen LogP contribution in [0.5, 0.6) is 0 Å². The summed E-state index contributed by atoms with van der Waals surface area (Å²) < 4.78 is 6.56. The predicted octanol–water partition coefficient (Wildman–Crippen LogP) is 3.86. The Morgan fingerprint density at radius 1 is 1.23 bits per heavy atom. The lowest BCUT2D eigenvalue weighted by Gasteiger charge is -2.34. The highest BCUT2D eigenvalue weighted by Gasteiger charge is 2.42. The molecule has 5 nitrogen and oxygen atoms in total. The Hall–Kier alpha value is -1.95. The maximum Gasteiger partial charge on any atom is 0.313 e. The second-order valence-corrected chi connectivity index (χ2v) is 8.13. The summed E-state index contributed by atoms with van der Waals surface area (Å²) in [5.74, 6) is -0.478. The van der Waals surface area contributed by atoms with Gasteiger partial charge in [-0.2, -0.15) is 0 Å². The van der Waals surface area contributed by atoms with Gasteiger partial charge in [0, 0.05) is 13.0 Å². The average molecular weight is 375 g/mol. The third-order valence-corrected chi connectivity index (χ3v) is 6.01. The zero-order chi connectivity index (χ0) is 18.4. The van der Waals surface area contributed by atoms with Crippen molar-refractivity contribution in [3.05, 3.63) is 29.3 Å². The van der Waals surface area contributed by atoms with Gasteiger partial charge in [0.1, 0.15) is 0 Å². The number of amides is 1. The van der Waals surface area contributed by atoms with Crippen LogP contribution in [0.3, 0.4) is 0 Å². The lowest BCUT2D eigenvalue weighted by Crippen LogP contribution is -2.39. The molecule has 1 heterocycles. The molecule has 0 spiro atoms. The number of nitrogens with one attached hydrogen (secondary N) is 1. The summed E-state index contributed by atoms with van der Waals surface area (Å²) in [6.45, 7) is 2.40. The number of thiazole rings is 1. The van der Waals surface area contributed by atoms with Gasteiger partial charge in [0.2, 0.25) is 0 Å². The normalized spacial score (nSPS) is 16.3. The van der Waals surface area contributed by atoms with E-state index in [1.165, 1.54) is 0 Å². The van der Waals surface area contributed by atoms with E-state index in [2.05, 4.69) is 11.4 Å². The molecule has 1 aliphatic rings. The number of carbonyl (C=O) groups is 2. The van der Waals surface area contributed by atoms with Crippen molar-refractivity contribution >= 4 is 33.4 Å². The summed E-state index contributed by atoms with van der Waals surface area (Å²) in [7, 11) is 0. The van der Waals surface area contributed by atoms with Gasteiger partial charge in [0.15, 0.2) is 6.61 Å². The number of rotatable bonds is 7. The minimum absolute atomic E-state index is 0.194. The Morgan fingerprint density at radius 2 is 2.00 bits per heavy atom. The summed E-state index contributed by atoms with van der Waals surface area (Å²) in [5.41, 5.74) is 0.433. The van der Waals surface area contributed by atoms with Crippen LogP contribution in [0.2, 0.25) is 0 Å². The summed E-state index contributed by atoms with van der Waals surface area (Å²) >= 11 is 1.64. The first-order chi connectivity index (χ1) is 12.6. The van der Waals surface area contributed by atoms with Gasteiger partial charge in [-0.1, -0.05) is 38.3 Å². The lowest BCUT2D eigenvalue weighted by molar-refractivity contribution is -0.161. The zero-order valence-corrected chi connectivity index (χ0v) is 16.1. The minimum atomic E-state index is -0.544. The molecule has 0 atom stereocenters. The SMILES string of the molecule is CCCNC(=O)COC(=O)C1(Cc2nc3ccccc3s2)CCCCC1. The van der Waals surface area contributed by atoms with Crippen LogP contribution in [-0.2, 0) is 20.7 Å². The molecular formula is C20H26N2O3S. The van der Waals surface area contributed by atoms with Gasteiger partial charge in [0.25, 0.3) is 5.91 Å². The quantitative estimate of drug-likeness (QED) is 0.747. The second-order valence-electron chi connectivity index (χ2n) is 7.02. The number of aromatic nitrogens is 1. The van der Waals surface area contributed by atoms with Crippen molar-refractivity contribution in [1.82, 2.24) is 10.3 Å². The first-order valence-corrected chi connectivity index (χ1v) is 10.2. The molecule has 1 aromatic heterocycles. The lowest BCUT2D eigenvalue weighted by atomic mass is 9.72. The van der Waals surface area contributed by atoms with Gasteiger partial charge in [-0.05, 0) is 31.4 Å². The Balaban J connectivity index is 1.71. The van der Waals surface area contributed by atoms with Crippen molar-refractivity contribution in [3.63, 3.8) is 0 Å². The molecule has 1 amide bonds. The van der Waals surface area contributed by atoms with Crippen molar-refractivity contribution in [3.8, 4) is 0 Å². The van der Waals surface area contributed by atoms with Crippen LogP contribution in [0.15, 0.2) is 24.3 Å². The van der Waals surface area contributed by atoms with Crippen molar-refractivity contribution in [2.24, 2.45) is 5.41 Å². The highest BCUT2D eigenvalue weighted by Crippen LogP contribution is 2.41. The largest absolute Gasteiger partial charge is 0.455 e. The Labute approximate surface area is 158 Å². The third kappa shape index (κ3) is 4.41.